The zero-order valence-corrected chi connectivity index (χ0v) is 13.6. The smallest absolute Gasteiger partial charge is 0.319 e. The molecule has 0 spiro atoms. The van der Waals surface area contributed by atoms with Crippen LogP contribution in [0.15, 0.2) is 0 Å². The molecule has 0 saturated heterocycles. The van der Waals surface area contributed by atoms with Crippen molar-refractivity contribution in [3.8, 4) is 0 Å². The van der Waals surface area contributed by atoms with Crippen LogP contribution in [-0.2, 0) is 20.9 Å². The van der Waals surface area contributed by atoms with E-state index in [1.807, 2.05) is 20.8 Å². The highest BCUT2D eigenvalue weighted by molar-refractivity contribution is 5.98. The molecule has 118 valence electrons. The first-order valence-corrected chi connectivity index (χ1v) is 6.96. The summed E-state index contributed by atoms with van der Waals surface area (Å²) < 4.78 is 5.03. The van der Waals surface area contributed by atoms with Crippen molar-refractivity contribution in [3.63, 3.8) is 0 Å². The zero-order chi connectivity index (χ0) is 16.2. The van der Waals surface area contributed by atoms with E-state index in [2.05, 4.69) is 15.2 Å². The summed E-state index contributed by atoms with van der Waals surface area (Å²) in [5.74, 6) is -0.428. The highest BCUT2D eigenvalue weighted by Crippen LogP contribution is 2.29. The molecule has 0 aliphatic rings. The van der Waals surface area contributed by atoms with Crippen LogP contribution in [0.4, 0.5) is 0 Å². The molecule has 1 rings (SSSR count). The summed E-state index contributed by atoms with van der Waals surface area (Å²) in [6, 6.07) is 0. The third kappa shape index (κ3) is 4.54. The lowest BCUT2D eigenvalue weighted by atomic mass is 9.80. The Hall–Kier alpha value is -1.92. The fourth-order valence-electron chi connectivity index (χ4n) is 2.02. The van der Waals surface area contributed by atoms with Crippen LogP contribution < -0.4 is 0 Å². The maximum absolute atomic E-state index is 12.6. The largest absolute Gasteiger partial charge is 0.465 e. The molecule has 0 fully saturated rings. The Morgan fingerprint density at radius 3 is 2.43 bits per heavy atom. The van der Waals surface area contributed by atoms with Crippen molar-refractivity contribution in [2.75, 3.05) is 13.7 Å². The quantitative estimate of drug-likeness (QED) is 0.653. The number of esters is 1. The number of hydrogen-bond donors (Lipinski definition) is 1. The van der Waals surface area contributed by atoms with Crippen LogP contribution in [0.3, 0.4) is 0 Å². The van der Waals surface area contributed by atoms with Gasteiger partial charge in [0.2, 0.25) is 5.91 Å². The number of nitrogens with one attached hydrogen (secondary N) is 1. The number of aromatic nitrogens is 3. The molecule has 1 unspecified atom stereocenters. The number of aryl methyl sites for hydroxylation is 1. The molecule has 7 heteroatoms. The van der Waals surface area contributed by atoms with Crippen molar-refractivity contribution in [1.29, 1.82) is 0 Å². The van der Waals surface area contributed by atoms with Crippen LogP contribution in [0.5, 0.6) is 0 Å². The van der Waals surface area contributed by atoms with E-state index in [9.17, 15) is 9.59 Å². The molecule has 0 saturated carbocycles. The van der Waals surface area contributed by atoms with Gasteiger partial charge in [0.15, 0.2) is 5.82 Å². The van der Waals surface area contributed by atoms with Gasteiger partial charge in [-0.1, -0.05) is 20.8 Å². The second-order valence-electron chi connectivity index (χ2n) is 6.08. The van der Waals surface area contributed by atoms with E-state index in [1.165, 1.54) is 4.90 Å². The molecule has 1 N–H and O–H groups in total. The van der Waals surface area contributed by atoms with Crippen molar-refractivity contribution in [2.45, 2.75) is 41.2 Å². The number of aromatic amines is 1. The monoisotopic (exact) mass is 296 g/mol. The van der Waals surface area contributed by atoms with E-state index < -0.39 is 17.3 Å². The minimum Gasteiger partial charge on any atom is -0.465 e. The van der Waals surface area contributed by atoms with E-state index >= 15 is 0 Å². The van der Waals surface area contributed by atoms with Crippen molar-refractivity contribution in [1.82, 2.24) is 20.1 Å². The minimum absolute atomic E-state index is 0.245. The van der Waals surface area contributed by atoms with E-state index in [1.54, 1.807) is 20.9 Å². The van der Waals surface area contributed by atoms with Gasteiger partial charge in [-0.25, -0.2) is 4.98 Å². The van der Waals surface area contributed by atoms with Gasteiger partial charge in [-0.2, -0.15) is 5.10 Å². The van der Waals surface area contributed by atoms with Gasteiger partial charge in [-0.3, -0.25) is 14.7 Å². The lowest BCUT2D eigenvalue weighted by Gasteiger charge is -2.30. The number of carbonyl (C=O) groups is 2. The molecule has 0 radical (unpaired) electrons. The third-order valence-electron chi connectivity index (χ3n) is 3.03. The molecule has 1 aromatic rings. The number of H-pyrrole nitrogens is 1. The maximum atomic E-state index is 12.6. The molecule has 1 atom stereocenters. The molecule has 0 aliphatic carbocycles. The fraction of sp³-hybridized carbons (Fsp3) is 0.714. The van der Waals surface area contributed by atoms with Crippen LogP contribution in [0.1, 0.15) is 39.3 Å². The summed E-state index contributed by atoms with van der Waals surface area (Å²) in [6.07, 6.45) is 0. The first-order valence-electron chi connectivity index (χ1n) is 6.96. The highest BCUT2D eigenvalue weighted by Gasteiger charge is 2.40. The highest BCUT2D eigenvalue weighted by atomic mass is 16.5. The first-order chi connectivity index (χ1) is 9.66. The van der Waals surface area contributed by atoms with E-state index in [-0.39, 0.29) is 19.1 Å². The Morgan fingerprint density at radius 2 is 2.00 bits per heavy atom. The van der Waals surface area contributed by atoms with Gasteiger partial charge in [-0.05, 0) is 19.3 Å². The number of rotatable bonds is 5. The van der Waals surface area contributed by atoms with Crippen molar-refractivity contribution >= 4 is 11.9 Å². The molecular formula is C14H24N4O3. The molecule has 0 aromatic carbocycles. The van der Waals surface area contributed by atoms with Crippen LogP contribution >= 0.6 is 0 Å². The van der Waals surface area contributed by atoms with Crippen LogP contribution in [0, 0.1) is 18.3 Å². The Morgan fingerprint density at radius 1 is 1.38 bits per heavy atom. The maximum Gasteiger partial charge on any atom is 0.319 e. The number of carbonyl (C=O) groups excluding carboxylic acids is 2. The lowest BCUT2D eigenvalue weighted by Crippen LogP contribution is -2.44. The van der Waals surface area contributed by atoms with Gasteiger partial charge in [0.05, 0.1) is 13.2 Å². The van der Waals surface area contributed by atoms with E-state index in [0.717, 1.165) is 0 Å². The predicted octanol–water partition coefficient (Wildman–Crippen LogP) is 1.30. The van der Waals surface area contributed by atoms with Crippen LogP contribution in [0.25, 0.3) is 0 Å². The minimum atomic E-state index is -0.845. The van der Waals surface area contributed by atoms with E-state index in [0.29, 0.717) is 11.6 Å². The Bertz CT molecular complexity index is 505. The molecule has 0 aliphatic heterocycles. The average Bonchev–Trinajstić information content (AvgIpc) is 2.73. The molecule has 1 amide bonds. The summed E-state index contributed by atoms with van der Waals surface area (Å²) in [4.78, 5) is 30.3. The van der Waals surface area contributed by atoms with Gasteiger partial charge < -0.3 is 9.64 Å². The third-order valence-corrected chi connectivity index (χ3v) is 3.03. The summed E-state index contributed by atoms with van der Waals surface area (Å²) in [5, 5.41) is 6.72. The molecule has 0 bridgehead atoms. The Balaban J connectivity index is 2.86. The molecular weight excluding hydrogens is 272 g/mol. The van der Waals surface area contributed by atoms with Gasteiger partial charge in [-0.15, -0.1) is 0 Å². The molecule has 1 heterocycles. The number of nitrogens with zero attached hydrogens (tertiary/aromatic N) is 3. The summed E-state index contributed by atoms with van der Waals surface area (Å²) in [7, 11) is 1.63. The summed E-state index contributed by atoms with van der Waals surface area (Å²) in [5.41, 5.74) is -0.521. The SMILES string of the molecule is CCOC(=O)C(C(=O)N(C)Cc1n[nH]c(C)n1)C(C)(C)C. The predicted molar refractivity (Wildman–Crippen MR) is 77.2 cm³/mol. The first kappa shape index (κ1) is 17.1. The number of hydrogen-bond acceptors (Lipinski definition) is 5. The molecule has 7 nitrogen and oxygen atoms in total. The van der Waals surface area contributed by atoms with Gasteiger partial charge in [0, 0.05) is 7.05 Å². The Labute approximate surface area is 125 Å². The second-order valence-corrected chi connectivity index (χ2v) is 6.08. The second kappa shape index (κ2) is 6.69. The van der Waals surface area contributed by atoms with Gasteiger partial charge in [0.1, 0.15) is 11.7 Å². The lowest BCUT2D eigenvalue weighted by molar-refractivity contribution is -0.160. The fourth-order valence-corrected chi connectivity index (χ4v) is 2.02. The topological polar surface area (TPSA) is 88.2 Å². The standard InChI is InChI=1S/C14H24N4O3/c1-7-21-13(20)11(14(3,4)5)12(19)18(6)8-10-15-9(2)16-17-10/h11H,7-8H2,1-6H3,(H,15,16,17). The average molecular weight is 296 g/mol. The summed E-state index contributed by atoms with van der Waals surface area (Å²) >= 11 is 0. The van der Waals surface area contributed by atoms with Crippen molar-refractivity contribution in [3.05, 3.63) is 11.6 Å². The van der Waals surface area contributed by atoms with Crippen LogP contribution in [0.2, 0.25) is 0 Å². The molecule has 21 heavy (non-hydrogen) atoms. The normalized spacial score (nSPS) is 12.9. The van der Waals surface area contributed by atoms with Gasteiger partial charge >= 0.3 is 5.97 Å². The Kier molecular flexibility index (Phi) is 5.46. The van der Waals surface area contributed by atoms with Crippen molar-refractivity contribution < 1.29 is 14.3 Å². The van der Waals surface area contributed by atoms with Crippen LogP contribution in [-0.4, -0.2) is 45.6 Å². The number of amides is 1. The zero-order valence-electron chi connectivity index (χ0n) is 13.6. The number of ether oxygens (including phenoxy) is 1. The summed E-state index contributed by atoms with van der Waals surface area (Å²) in [6.45, 7) is 9.54. The van der Waals surface area contributed by atoms with Crippen molar-refractivity contribution in [2.24, 2.45) is 11.3 Å². The van der Waals surface area contributed by atoms with E-state index in [4.69, 9.17) is 4.74 Å². The van der Waals surface area contributed by atoms with Gasteiger partial charge in [0.25, 0.3) is 0 Å². The molecule has 1 aromatic heterocycles.